The molecule has 0 radical (unpaired) electrons. The summed E-state index contributed by atoms with van der Waals surface area (Å²) in [6.07, 6.45) is 2.66. The minimum Gasteiger partial charge on any atom is -0.309 e. The van der Waals surface area contributed by atoms with Gasteiger partial charge in [0.1, 0.15) is 0 Å². The number of benzene rings is 1. The Morgan fingerprint density at radius 1 is 1.14 bits per heavy atom. The van der Waals surface area contributed by atoms with Crippen molar-refractivity contribution in [3.8, 4) is 0 Å². The predicted octanol–water partition coefficient (Wildman–Crippen LogP) is 4.76. The quantitative estimate of drug-likeness (QED) is 0.809. The van der Waals surface area contributed by atoms with E-state index in [0.717, 1.165) is 22.2 Å². The average molecular weight is 329 g/mol. The lowest BCUT2D eigenvalue weighted by molar-refractivity contribution is 0.183. The Morgan fingerprint density at radius 2 is 1.81 bits per heavy atom. The molecule has 0 bridgehead atoms. The first kappa shape index (κ1) is 17.1. The molecule has 0 aliphatic carbocycles. The summed E-state index contributed by atoms with van der Waals surface area (Å²) in [5, 5.41) is 5.16. The molecule has 1 aromatic rings. The summed E-state index contributed by atoms with van der Waals surface area (Å²) in [5.74, 6) is 0.651. The summed E-state index contributed by atoms with van der Waals surface area (Å²) in [5.41, 5.74) is 1.08. The van der Waals surface area contributed by atoms with E-state index in [1.807, 2.05) is 18.2 Å². The normalized spacial score (nSPS) is 19.1. The van der Waals surface area contributed by atoms with E-state index < -0.39 is 0 Å². The van der Waals surface area contributed by atoms with Crippen LogP contribution in [0.3, 0.4) is 0 Å². The van der Waals surface area contributed by atoms with Gasteiger partial charge in [-0.3, -0.25) is 4.90 Å². The molecule has 0 spiro atoms. The number of likely N-dealkylation sites (tertiary alicyclic amines) is 1. The second-order valence-corrected chi connectivity index (χ2v) is 7.19. The third kappa shape index (κ3) is 4.59. The first-order valence-corrected chi connectivity index (χ1v) is 8.67. The number of nitrogens with zero attached hydrogens (tertiary/aromatic N) is 1. The second-order valence-electron chi connectivity index (χ2n) is 6.35. The van der Waals surface area contributed by atoms with Crippen LogP contribution >= 0.6 is 23.2 Å². The summed E-state index contributed by atoms with van der Waals surface area (Å²) >= 11 is 12.4. The lowest BCUT2D eigenvalue weighted by atomic mass is 10.0. The van der Waals surface area contributed by atoms with Crippen LogP contribution in [0, 0.1) is 5.92 Å². The van der Waals surface area contributed by atoms with E-state index in [0.29, 0.717) is 12.0 Å². The van der Waals surface area contributed by atoms with Crippen molar-refractivity contribution in [2.75, 3.05) is 19.6 Å². The van der Waals surface area contributed by atoms with Crippen molar-refractivity contribution >= 4 is 23.2 Å². The van der Waals surface area contributed by atoms with Crippen LogP contribution in [0.2, 0.25) is 10.0 Å². The molecule has 1 fully saturated rings. The third-order valence-corrected chi connectivity index (χ3v) is 5.02. The van der Waals surface area contributed by atoms with E-state index >= 15 is 0 Å². The molecule has 2 atom stereocenters. The maximum absolute atomic E-state index is 6.29. The van der Waals surface area contributed by atoms with Crippen LogP contribution in [-0.4, -0.2) is 30.6 Å². The zero-order valence-corrected chi connectivity index (χ0v) is 14.7. The highest BCUT2D eigenvalue weighted by Gasteiger charge is 2.25. The first-order valence-electron chi connectivity index (χ1n) is 7.91. The Morgan fingerprint density at radius 3 is 2.43 bits per heavy atom. The van der Waals surface area contributed by atoms with Gasteiger partial charge in [-0.05, 0) is 62.5 Å². The lowest BCUT2D eigenvalue weighted by Crippen LogP contribution is -2.44. The number of hydrogen-bond donors (Lipinski definition) is 1. The topological polar surface area (TPSA) is 15.3 Å². The lowest BCUT2D eigenvalue weighted by Gasteiger charge is -2.32. The summed E-state index contributed by atoms with van der Waals surface area (Å²) in [4.78, 5) is 2.62. The van der Waals surface area contributed by atoms with Crippen molar-refractivity contribution in [3.63, 3.8) is 0 Å². The molecule has 2 unspecified atom stereocenters. The Balaban J connectivity index is 1.98. The summed E-state index contributed by atoms with van der Waals surface area (Å²) in [6, 6.07) is 6.47. The molecule has 1 aromatic carbocycles. The van der Waals surface area contributed by atoms with Gasteiger partial charge in [-0.25, -0.2) is 0 Å². The zero-order chi connectivity index (χ0) is 15.4. The summed E-state index contributed by atoms with van der Waals surface area (Å²) in [7, 11) is 0. The molecule has 1 heterocycles. The minimum atomic E-state index is 0.208. The number of nitrogens with one attached hydrogen (secondary N) is 1. The van der Waals surface area contributed by atoms with Crippen molar-refractivity contribution in [1.82, 2.24) is 10.2 Å². The van der Waals surface area contributed by atoms with E-state index in [-0.39, 0.29) is 6.04 Å². The van der Waals surface area contributed by atoms with Crippen molar-refractivity contribution in [2.24, 2.45) is 5.92 Å². The summed E-state index contributed by atoms with van der Waals surface area (Å²) in [6.45, 7) is 10.2. The molecule has 2 rings (SSSR count). The number of rotatable bonds is 6. The minimum absolute atomic E-state index is 0.208. The Bertz CT molecular complexity index is 456. The van der Waals surface area contributed by atoms with Gasteiger partial charge in [-0.2, -0.15) is 0 Å². The van der Waals surface area contributed by atoms with Gasteiger partial charge in [-0.1, -0.05) is 37.0 Å². The first-order chi connectivity index (χ1) is 9.99. The van der Waals surface area contributed by atoms with E-state index in [2.05, 4.69) is 31.0 Å². The van der Waals surface area contributed by atoms with Crippen LogP contribution in [0.15, 0.2) is 18.2 Å². The SMILES string of the molecule is CC(NCC(C(C)C)N1CCCC1)c1cc(Cl)ccc1Cl. The Labute approximate surface area is 138 Å². The summed E-state index contributed by atoms with van der Waals surface area (Å²) < 4.78 is 0. The molecular formula is C17H26Cl2N2. The molecule has 0 saturated carbocycles. The molecule has 2 nitrogen and oxygen atoms in total. The van der Waals surface area contributed by atoms with Gasteiger partial charge >= 0.3 is 0 Å². The number of hydrogen-bond acceptors (Lipinski definition) is 2. The Kier molecular flexibility index (Phi) is 6.36. The highest BCUT2D eigenvalue weighted by molar-refractivity contribution is 6.33. The molecule has 4 heteroatoms. The fraction of sp³-hybridized carbons (Fsp3) is 0.647. The zero-order valence-electron chi connectivity index (χ0n) is 13.2. The van der Waals surface area contributed by atoms with Gasteiger partial charge in [0, 0.05) is 28.7 Å². The number of halogens is 2. The monoisotopic (exact) mass is 328 g/mol. The van der Waals surface area contributed by atoms with Gasteiger partial charge < -0.3 is 5.32 Å². The van der Waals surface area contributed by atoms with Crippen LogP contribution in [0.25, 0.3) is 0 Å². The van der Waals surface area contributed by atoms with Gasteiger partial charge in [0.25, 0.3) is 0 Å². The van der Waals surface area contributed by atoms with Crippen LogP contribution < -0.4 is 5.32 Å². The van der Waals surface area contributed by atoms with Crippen molar-refractivity contribution in [1.29, 1.82) is 0 Å². The molecule has 1 N–H and O–H groups in total. The molecule has 0 aromatic heterocycles. The maximum Gasteiger partial charge on any atom is 0.0454 e. The van der Waals surface area contributed by atoms with Gasteiger partial charge in [0.05, 0.1) is 0 Å². The van der Waals surface area contributed by atoms with Gasteiger partial charge in [0.2, 0.25) is 0 Å². The average Bonchev–Trinajstić information content (AvgIpc) is 2.95. The fourth-order valence-electron chi connectivity index (χ4n) is 3.11. The standard InChI is InChI=1S/C17H26Cl2N2/c1-12(2)17(21-8-4-5-9-21)11-20-13(3)15-10-14(18)6-7-16(15)19/h6-7,10,12-13,17,20H,4-5,8-9,11H2,1-3H3. The molecule has 0 amide bonds. The molecule has 1 aliphatic rings. The van der Waals surface area contributed by atoms with Crippen LogP contribution in [-0.2, 0) is 0 Å². The molecule has 1 saturated heterocycles. The van der Waals surface area contributed by atoms with Crippen LogP contribution in [0.4, 0.5) is 0 Å². The van der Waals surface area contributed by atoms with E-state index in [9.17, 15) is 0 Å². The second kappa shape index (κ2) is 7.82. The fourth-order valence-corrected chi connectivity index (χ4v) is 3.58. The largest absolute Gasteiger partial charge is 0.309 e. The van der Waals surface area contributed by atoms with Gasteiger partial charge in [-0.15, -0.1) is 0 Å². The van der Waals surface area contributed by atoms with Crippen molar-refractivity contribution in [2.45, 2.75) is 45.7 Å². The van der Waals surface area contributed by atoms with E-state index in [1.54, 1.807) is 0 Å². The third-order valence-electron chi connectivity index (χ3n) is 4.44. The van der Waals surface area contributed by atoms with Crippen LogP contribution in [0.1, 0.15) is 45.2 Å². The van der Waals surface area contributed by atoms with Crippen LogP contribution in [0.5, 0.6) is 0 Å². The molecule has 21 heavy (non-hydrogen) atoms. The van der Waals surface area contributed by atoms with Gasteiger partial charge in [0.15, 0.2) is 0 Å². The van der Waals surface area contributed by atoms with E-state index in [1.165, 1.54) is 25.9 Å². The predicted molar refractivity (Wildman–Crippen MR) is 92.3 cm³/mol. The molecule has 1 aliphatic heterocycles. The maximum atomic E-state index is 6.29. The molecule has 118 valence electrons. The highest BCUT2D eigenvalue weighted by Crippen LogP contribution is 2.26. The highest BCUT2D eigenvalue weighted by atomic mass is 35.5. The van der Waals surface area contributed by atoms with Crippen molar-refractivity contribution in [3.05, 3.63) is 33.8 Å². The van der Waals surface area contributed by atoms with E-state index in [4.69, 9.17) is 23.2 Å². The van der Waals surface area contributed by atoms with Crippen molar-refractivity contribution < 1.29 is 0 Å². The smallest absolute Gasteiger partial charge is 0.0454 e. The molecular weight excluding hydrogens is 303 g/mol. The Hall–Kier alpha value is -0.280.